The van der Waals surface area contributed by atoms with Crippen molar-refractivity contribution in [3.05, 3.63) is 17.5 Å². The Hall–Kier alpha value is -1.36. The molecule has 0 bridgehead atoms. The van der Waals surface area contributed by atoms with Crippen LogP contribution in [0.15, 0.2) is 6.20 Å². The molecule has 2 aliphatic rings. The van der Waals surface area contributed by atoms with E-state index in [2.05, 4.69) is 15.5 Å². The van der Waals surface area contributed by atoms with Crippen LogP contribution in [0.3, 0.4) is 0 Å². The predicted molar refractivity (Wildman–Crippen MR) is 47.9 cm³/mol. The van der Waals surface area contributed by atoms with Gasteiger partial charge in [0.1, 0.15) is 6.04 Å². The van der Waals surface area contributed by atoms with Gasteiger partial charge >= 0.3 is 5.97 Å². The van der Waals surface area contributed by atoms with E-state index in [-0.39, 0.29) is 12.0 Å². The number of H-pyrrole nitrogens is 1. The molecule has 0 saturated carbocycles. The molecule has 1 saturated heterocycles. The van der Waals surface area contributed by atoms with Crippen LogP contribution in [-0.4, -0.2) is 33.9 Å². The maximum Gasteiger partial charge on any atom is 0.321 e. The molecular formula is C9H11N3O2. The third-order valence-corrected chi connectivity index (χ3v) is 3.35. The summed E-state index contributed by atoms with van der Waals surface area (Å²) in [5.74, 6) is -0.221. The molecule has 1 aliphatic carbocycles. The highest BCUT2D eigenvalue weighted by atomic mass is 16.4. The Kier molecular flexibility index (Phi) is 1.47. The molecule has 0 spiro atoms. The highest BCUT2D eigenvalue weighted by molar-refractivity contribution is 5.75. The van der Waals surface area contributed by atoms with Crippen LogP contribution < -0.4 is 5.32 Å². The zero-order chi connectivity index (χ0) is 9.71. The molecule has 1 aromatic rings. The van der Waals surface area contributed by atoms with Crippen molar-refractivity contribution in [1.29, 1.82) is 0 Å². The van der Waals surface area contributed by atoms with Crippen LogP contribution in [0.4, 0.5) is 0 Å². The molecule has 3 N–H and O–H groups in total. The first-order chi connectivity index (χ1) is 6.77. The van der Waals surface area contributed by atoms with Gasteiger partial charge in [-0.3, -0.25) is 9.89 Å². The Morgan fingerprint density at radius 2 is 2.50 bits per heavy atom. The lowest BCUT2D eigenvalue weighted by Gasteiger charge is -2.12. The monoisotopic (exact) mass is 193 g/mol. The zero-order valence-corrected chi connectivity index (χ0v) is 7.53. The van der Waals surface area contributed by atoms with Crippen LogP contribution in [0.5, 0.6) is 0 Å². The van der Waals surface area contributed by atoms with E-state index >= 15 is 0 Å². The van der Waals surface area contributed by atoms with Gasteiger partial charge in [-0.15, -0.1) is 0 Å². The first-order valence-corrected chi connectivity index (χ1v) is 4.75. The van der Waals surface area contributed by atoms with E-state index in [1.54, 1.807) is 0 Å². The van der Waals surface area contributed by atoms with Crippen LogP contribution >= 0.6 is 0 Å². The molecule has 0 radical (unpaired) electrons. The fraction of sp³-hybridized carbons (Fsp3) is 0.556. The van der Waals surface area contributed by atoms with Crippen molar-refractivity contribution in [2.75, 3.05) is 6.54 Å². The maximum atomic E-state index is 10.9. The minimum atomic E-state index is -0.740. The van der Waals surface area contributed by atoms with Gasteiger partial charge < -0.3 is 10.4 Å². The number of carbonyl (C=O) groups is 1. The van der Waals surface area contributed by atoms with E-state index < -0.39 is 5.97 Å². The Morgan fingerprint density at radius 3 is 3.29 bits per heavy atom. The summed E-state index contributed by atoms with van der Waals surface area (Å²) in [5.41, 5.74) is 2.32. The second-order valence-electron chi connectivity index (χ2n) is 4.01. The second kappa shape index (κ2) is 2.57. The smallest absolute Gasteiger partial charge is 0.321 e. The summed E-state index contributed by atoms with van der Waals surface area (Å²) in [6.07, 6.45) is 2.65. The highest BCUT2D eigenvalue weighted by Crippen LogP contribution is 2.41. The number of rotatable bonds is 1. The summed E-state index contributed by atoms with van der Waals surface area (Å²) in [6.45, 7) is 0.747. The van der Waals surface area contributed by atoms with Gasteiger partial charge in [-0.25, -0.2) is 0 Å². The molecule has 3 unspecified atom stereocenters. The number of aromatic nitrogens is 2. The van der Waals surface area contributed by atoms with E-state index in [9.17, 15) is 4.79 Å². The summed E-state index contributed by atoms with van der Waals surface area (Å²) in [5, 5.41) is 19.0. The van der Waals surface area contributed by atoms with E-state index in [1.807, 2.05) is 6.20 Å². The van der Waals surface area contributed by atoms with Gasteiger partial charge in [0.25, 0.3) is 0 Å². The number of fused-ring (bicyclic) bond motifs is 3. The van der Waals surface area contributed by atoms with E-state index in [1.165, 1.54) is 5.56 Å². The van der Waals surface area contributed by atoms with Crippen molar-refractivity contribution in [2.45, 2.75) is 18.4 Å². The Bertz CT molecular complexity index is 387. The molecule has 74 valence electrons. The SMILES string of the molecule is O=C(O)C1NCC2c3[nH]ncc3CC12. The van der Waals surface area contributed by atoms with Crippen LogP contribution in [0, 0.1) is 5.92 Å². The van der Waals surface area contributed by atoms with E-state index in [0.29, 0.717) is 5.92 Å². The minimum absolute atomic E-state index is 0.205. The van der Waals surface area contributed by atoms with Crippen molar-refractivity contribution in [3.63, 3.8) is 0 Å². The number of carboxylic acids is 1. The van der Waals surface area contributed by atoms with Crippen LogP contribution in [-0.2, 0) is 11.2 Å². The lowest BCUT2D eigenvalue weighted by molar-refractivity contribution is -0.140. The number of aliphatic carboxylic acids is 1. The minimum Gasteiger partial charge on any atom is -0.480 e. The topological polar surface area (TPSA) is 78.0 Å². The fourth-order valence-electron chi connectivity index (χ4n) is 2.69. The predicted octanol–water partition coefficient (Wildman–Crippen LogP) is -0.278. The maximum absolute atomic E-state index is 10.9. The number of nitrogens with one attached hydrogen (secondary N) is 2. The molecule has 0 aromatic carbocycles. The lowest BCUT2D eigenvalue weighted by atomic mass is 9.93. The average molecular weight is 193 g/mol. The van der Waals surface area contributed by atoms with E-state index in [0.717, 1.165) is 18.7 Å². The summed E-state index contributed by atoms with van der Waals surface area (Å²) in [6, 6.07) is -0.388. The van der Waals surface area contributed by atoms with Crippen LogP contribution in [0.2, 0.25) is 0 Å². The van der Waals surface area contributed by atoms with Gasteiger partial charge in [0, 0.05) is 18.2 Å². The number of carboxylic acid groups (broad SMARTS) is 1. The molecule has 1 aliphatic heterocycles. The third kappa shape index (κ3) is 0.874. The van der Waals surface area contributed by atoms with Gasteiger partial charge in [-0.05, 0) is 17.9 Å². The molecule has 3 rings (SSSR count). The summed E-state index contributed by atoms with van der Waals surface area (Å²) < 4.78 is 0. The standard InChI is InChI=1S/C9H11N3O2/c13-9(14)8-5-1-4-2-11-12-7(4)6(5)3-10-8/h2,5-6,8,10H,1,3H2,(H,11,12)(H,13,14). The first-order valence-electron chi connectivity index (χ1n) is 4.75. The van der Waals surface area contributed by atoms with Crippen molar-refractivity contribution in [2.24, 2.45) is 5.92 Å². The Balaban J connectivity index is 1.94. The Labute approximate surface area is 80.5 Å². The molecule has 5 heteroatoms. The molecule has 1 fully saturated rings. The summed E-state index contributed by atoms with van der Waals surface area (Å²) >= 11 is 0. The molecule has 0 amide bonds. The quantitative estimate of drug-likeness (QED) is 0.573. The van der Waals surface area contributed by atoms with Gasteiger partial charge in [0.05, 0.1) is 6.20 Å². The highest BCUT2D eigenvalue weighted by Gasteiger charge is 2.46. The molecule has 14 heavy (non-hydrogen) atoms. The van der Waals surface area contributed by atoms with Crippen LogP contribution in [0.25, 0.3) is 0 Å². The van der Waals surface area contributed by atoms with Crippen LogP contribution in [0.1, 0.15) is 17.2 Å². The summed E-state index contributed by atoms with van der Waals surface area (Å²) in [7, 11) is 0. The number of nitrogens with zero attached hydrogens (tertiary/aromatic N) is 1. The molecular weight excluding hydrogens is 182 g/mol. The normalized spacial score (nSPS) is 34.1. The molecule has 5 nitrogen and oxygen atoms in total. The van der Waals surface area contributed by atoms with Crippen molar-refractivity contribution >= 4 is 5.97 Å². The Morgan fingerprint density at radius 1 is 1.64 bits per heavy atom. The molecule has 2 heterocycles. The van der Waals surface area contributed by atoms with Crippen molar-refractivity contribution in [3.8, 4) is 0 Å². The number of aromatic amines is 1. The third-order valence-electron chi connectivity index (χ3n) is 3.35. The number of hydrogen-bond donors (Lipinski definition) is 3. The van der Waals surface area contributed by atoms with Crippen molar-refractivity contribution in [1.82, 2.24) is 15.5 Å². The number of hydrogen-bond acceptors (Lipinski definition) is 3. The van der Waals surface area contributed by atoms with Gasteiger partial charge in [0.15, 0.2) is 0 Å². The largest absolute Gasteiger partial charge is 0.480 e. The second-order valence-corrected chi connectivity index (χ2v) is 4.01. The lowest BCUT2D eigenvalue weighted by Crippen LogP contribution is -2.35. The first kappa shape index (κ1) is 7.99. The van der Waals surface area contributed by atoms with Gasteiger partial charge in [0.2, 0.25) is 0 Å². The average Bonchev–Trinajstić information content (AvgIpc) is 2.70. The van der Waals surface area contributed by atoms with Gasteiger partial charge in [-0.1, -0.05) is 0 Å². The summed E-state index contributed by atoms with van der Waals surface area (Å²) in [4.78, 5) is 10.9. The fourth-order valence-corrected chi connectivity index (χ4v) is 2.69. The molecule has 3 atom stereocenters. The van der Waals surface area contributed by atoms with Crippen molar-refractivity contribution < 1.29 is 9.90 Å². The zero-order valence-electron chi connectivity index (χ0n) is 7.53. The van der Waals surface area contributed by atoms with E-state index in [4.69, 9.17) is 5.11 Å². The van der Waals surface area contributed by atoms with Gasteiger partial charge in [-0.2, -0.15) is 5.10 Å². The molecule has 1 aromatic heterocycles.